The minimum atomic E-state index is -2.22. The molecule has 0 heterocycles. The highest BCUT2D eigenvalue weighted by atomic mass is 32.3. The number of rotatable bonds is 12. The van der Waals surface area contributed by atoms with Gasteiger partial charge in [0.15, 0.2) is 0 Å². The van der Waals surface area contributed by atoms with Crippen LogP contribution in [0, 0.1) is 0 Å². The highest BCUT2D eigenvalue weighted by Crippen LogP contribution is 2.58. The molecular formula is C34H58O2S6. The van der Waals surface area contributed by atoms with Crippen LogP contribution in [0.5, 0.6) is 0 Å². The van der Waals surface area contributed by atoms with Crippen LogP contribution in [0.2, 0.25) is 0 Å². The number of hydrogen-bond donors (Lipinski definition) is 2. The zero-order chi connectivity index (χ0) is 31.8. The van der Waals surface area contributed by atoms with Crippen molar-refractivity contribution < 1.29 is 8.42 Å². The third kappa shape index (κ3) is 9.20. The number of hydrogen-bond acceptors (Lipinski definition) is 2. The summed E-state index contributed by atoms with van der Waals surface area (Å²) in [6.45, 7) is 0. The zero-order valence-electron chi connectivity index (χ0n) is 28.1. The van der Waals surface area contributed by atoms with E-state index in [-0.39, 0.29) is 0 Å². The standard InChI is InChI=1S/C34H58O2S6/c1-37(2,25-27-39(5,6)31-17-21-33(22-18-31)41(9,10)35)29-13-15-30(16-14-29)38(3,4)26-28-40(7,8)32-19-23-34(24-20-32)42(11,12)36/h13-24,41-42H,25-28H2,1-12H3. The Morgan fingerprint density at radius 1 is 0.381 bits per heavy atom. The third-order valence-corrected chi connectivity index (χ3v) is 23.2. The molecule has 0 fully saturated rings. The van der Waals surface area contributed by atoms with Gasteiger partial charge in [0.25, 0.3) is 0 Å². The van der Waals surface area contributed by atoms with Gasteiger partial charge in [0.05, 0.1) is 0 Å². The first kappa shape index (κ1) is 35.8. The van der Waals surface area contributed by atoms with Crippen molar-refractivity contribution in [1.29, 1.82) is 0 Å². The van der Waals surface area contributed by atoms with Gasteiger partial charge in [-0.3, -0.25) is 8.42 Å². The normalized spacial score (nSPS) is 16.1. The number of benzene rings is 3. The predicted molar refractivity (Wildman–Crippen MR) is 209 cm³/mol. The SMILES string of the molecule is CS(C)(CCS(C)(C)c1ccc([SH](C)(C)=O)cc1)c1ccc(S(C)(C)CCS(C)(C)c2ccc([SH](C)(C)=O)cc2)cc1. The van der Waals surface area contributed by atoms with Crippen molar-refractivity contribution in [2.45, 2.75) is 29.4 Å². The van der Waals surface area contributed by atoms with E-state index in [9.17, 15) is 8.42 Å². The third-order valence-electron chi connectivity index (χ3n) is 8.50. The molecule has 0 bridgehead atoms. The van der Waals surface area contributed by atoms with Crippen molar-refractivity contribution in [2.24, 2.45) is 0 Å². The van der Waals surface area contributed by atoms with Crippen LogP contribution in [-0.2, 0) is 19.9 Å². The van der Waals surface area contributed by atoms with Gasteiger partial charge in [-0.15, -0.1) is 0 Å². The van der Waals surface area contributed by atoms with Gasteiger partial charge >= 0.3 is 0 Å². The van der Waals surface area contributed by atoms with Crippen LogP contribution in [0.25, 0.3) is 0 Å². The lowest BCUT2D eigenvalue weighted by Crippen LogP contribution is -2.14. The molecule has 242 valence electrons. The summed E-state index contributed by atoms with van der Waals surface area (Å²) in [7, 11) is -8.10. The van der Waals surface area contributed by atoms with E-state index in [0.717, 1.165) is 9.79 Å². The number of thiol groups is 2. The highest BCUT2D eigenvalue weighted by molar-refractivity contribution is 8.36. The molecule has 0 saturated carbocycles. The van der Waals surface area contributed by atoms with Crippen LogP contribution in [0.15, 0.2) is 102 Å². The summed E-state index contributed by atoms with van der Waals surface area (Å²) >= 11 is 0. The Morgan fingerprint density at radius 3 is 0.714 bits per heavy atom. The largest absolute Gasteiger partial charge is 0.281 e. The minimum Gasteiger partial charge on any atom is -0.281 e. The Hall–Kier alpha value is -0.640. The summed E-state index contributed by atoms with van der Waals surface area (Å²) in [6, 6.07) is 26.9. The fourth-order valence-corrected chi connectivity index (χ4v) is 17.7. The molecule has 0 radical (unpaired) electrons. The van der Waals surface area contributed by atoms with Gasteiger partial charge in [-0.1, -0.05) is 19.9 Å². The Balaban J connectivity index is 1.66. The molecule has 2 nitrogen and oxygen atoms in total. The fourth-order valence-electron chi connectivity index (χ4n) is 4.83. The Kier molecular flexibility index (Phi) is 11.1. The average Bonchev–Trinajstić information content (AvgIpc) is 2.90. The summed E-state index contributed by atoms with van der Waals surface area (Å²) in [4.78, 5) is 7.77. The average molecular weight is 691 g/mol. The molecular weight excluding hydrogens is 633 g/mol. The van der Waals surface area contributed by atoms with E-state index < -0.39 is 60.0 Å². The summed E-state index contributed by atoms with van der Waals surface area (Å²) in [5, 5.41) is 0. The Labute approximate surface area is 266 Å². The molecule has 0 saturated heterocycles. The van der Waals surface area contributed by atoms with Gasteiger partial charge < -0.3 is 0 Å². The second-order valence-corrected chi connectivity index (χ2v) is 36.4. The van der Waals surface area contributed by atoms with Gasteiger partial charge in [-0.05, 0) is 190 Å². The topological polar surface area (TPSA) is 34.1 Å². The molecule has 8 heteroatoms. The molecule has 0 aliphatic rings. The van der Waals surface area contributed by atoms with Gasteiger partial charge in [0.2, 0.25) is 0 Å². The van der Waals surface area contributed by atoms with Crippen molar-refractivity contribution in [2.75, 3.05) is 98.1 Å². The lowest BCUT2D eigenvalue weighted by molar-refractivity contribution is 0.677. The molecule has 0 atom stereocenters. The molecule has 3 rings (SSSR count). The van der Waals surface area contributed by atoms with Gasteiger partial charge in [0.1, 0.15) is 0 Å². The van der Waals surface area contributed by atoms with Crippen LogP contribution in [0.1, 0.15) is 0 Å². The zero-order valence-corrected chi connectivity index (χ0v) is 33.2. The Morgan fingerprint density at radius 2 is 0.548 bits per heavy atom. The summed E-state index contributed by atoms with van der Waals surface area (Å²) < 4.78 is 24.9. The summed E-state index contributed by atoms with van der Waals surface area (Å²) in [5.74, 6) is 4.84. The van der Waals surface area contributed by atoms with Crippen LogP contribution in [-0.4, -0.2) is 106 Å². The first-order chi connectivity index (χ1) is 19.0. The maximum atomic E-state index is 12.5. The molecule has 0 aliphatic heterocycles. The van der Waals surface area contributed by atoms with Crippen molar-refractivity contribution >= 4 is 60.0 Å². The predicted octanol–water partition coefficient (Wildman–Crippen LogP) is 8.05. The van der Waals surface area contributed by atoms with E-state index in [0.29, 0.717) is 0 Å². The highest BCUT2D eigenvalue weighted by Gasteiger charge is 2.24. The van der Waals surface area contributed by atoms with Crippen LogP contribution in [0.4, 0.5) is 0 Å². The van der Waals surface area contributed by atoms with Gasteiger partial charge in [-0.2, -0.15) is 0 Å². The van der Waals surface area contributed by atoms with E-state index in [2.05, 4.69) is 123 Å². The molecule has 0 spiro atoms. The van der Waals surface area contributed by atoms with Crippen molar-refractivity contribution in [3.63, 3.8) is 0 Å². The first-order valence-electron chi connectivity index (χ1n) is 14.3. The monoisotopic (exact) mass is 690 g/mol. The van der Waals surface area contributed by atoms with E-state index >= 15 is 0 Å². The molecule has 0 N–H and O–H groups in total. The van der Waals surface area contributed by atoms with E-state index in [1.165, 1.54) is 42.6 Å². The second kappa shape index (κ2) is 13.0. The first-order valence-corrected chi connectivity index (χ1v) is 30.0. The minimum absolute atomic E-state index is 0.911. The van der Waals surface area contributed by atoms with Crippen molar-refractivity contribution in [3.8, 4) is 0 Å². The smallest absolute Gasteiger partial charge is 0.0142 e. The molecule has 0 aromatic heterocycles. The van der Waals surface area contributed by atoms with E-state index in [4.69, 9.17) is 0 Å². The van der Waals surface area contributed by atoms with Crippen LogP contribution < -0.4 is 0 Å². The van der Waals surface area contributed by atoms with E-state index in [1.807, 2.05) is 25.0 Å². The molecule has 0 aliphatic carbocycles. The fraction of sp³-hybridized carbons (Fsp3) is 0.471. The quantitative estimate of drug-likeness (QED) is 0.189. The summed E-state index contributed by atoms with van der Waals surface area (Å²) in [5.41, 5.74) is 0. The lowest BCUT2D eigenvalue weighted by atomic mass is 10.4. The van der Waals surface area contributed by atoms with Crippen molar-refractivity contribution in [1.82, 2.24) is 0 Å². The molecule has 3 aromatic carbocycles. The molecule has 0 unspecified atom stereocenters. The molecule has 42 heavy (non-hydrogen) atoms. The maximum Gasteiger partial charge on any atom is 0.0142 e. The van der Waals surface area contributed by atoms with E-state index in [1.54, 1.807) is 0 Å². The van der Waals surface area contributed by atoms with Crippen LogP contribution in [0.3, 0.4) is 0 Å². The Bertz CT molecular complexity index is 1330. The van der Waals surface area contributed by atoms with Crippen molar-refractivity contribution in [3.05, 3.63) is 72.8 Å². The maximum absolute atomic E-state index is 12.5. The van der Waals surface area contributed by atoms with Gasteiger partial charge in [-0.25, -0.2) is 40.1 Å². The van der Waals surface area contributed by atoms with Crippen LogP contribution >= 0.6 is 40.1 Å². The summed E-state index contributed by atoms with van der Waals surface area (Å²) in [6.07, 6.45) is 27.0. The lowest BCUT2D eigenvalue weighted by Gasteiger charge is -2.40. The second-order valence-electron chi connectivity index (χ2n) is 14.1. The molecule has 3 aromatic rings. The van der Waals surface area contributed by atoms with Gasteiger partial charge in [0, 0.05) is 9.79 Å². The molecule has 0 amide bonds.